The van der Waals surface area contributed by atoms with Crippen molar-refractivity contribution < 1.29 is 14.6 Å². The number of nitrogens with zero attached hydrogens (tertiary/aromatic N) is 1. The Morgan fingerprint density at radius 3 is 2.75 bits per heavy atom. The Hall–Kier alpha value is -1.75. The van der Waals surface area contributed by atoms with Gasteiger partial charge in [0.05, 0.1) is 12.7 Å². The lowest BCUT2D eigenvalue weighted by molar-refractivity contribution is 0.0575. The molecule has 1 saturated carbocycles. The second kappa shape index (κ2) is 6.61. The van der Waals surface area contributed by atoms with Crippen LogP contribution < -0.4 is 10.5 Å². The van der Waals surface area contributed by atoms with Crippen molar-refractivity contribution in [3.05, 3.63) is 23.8 Å². The number of carbonyl (C=O) groups is 1. The van der Waals surface area contributed by atoms with Crippen LogP contribution in [0.5, 0.6) is 11.5 Å². The van der Waals surface area contributed by atoms with Crippen LogP contribution in [0.1, 0.15) is 36.0 Å². The fraction of sp³-hybridized carbons (Fsp3) is 0.533. The lowest BCUT2D eigenvalue weighted by Crippen LogP contribution is -2.45. The Morgan fingerprint density at radius 1 is 1.50 bits per heavy atom. The summed E-state index contributed by atoms with van der Waals surface area (Å²) in [5.41, 5.74) is 5.87. The van der Waals surface area contributed by atoms with Gasteiger partial charge in [-0.25, -0.2) is 0 Å². The Labute approximate surface area is 119 Å². The van der Waals surface area contributed by atoms with E-state index in [-0.39, 0.29) is 17.7 Å². The SMILES string of the molecule is COc1ccc(C(=O)N(CCCN)C2CCC2)c(O)c1. The van der Waals surface area contributed by atoms with E-state index in [9.17, 15) is 9.90 Å². The number of ether oxygens (including phenoxy) is 1. The maximum atomic E-state index is 12.6. The van der Waals surface area contributed by atoms with Crippen LogP contribution in [0, 0.1) is 0 Å². The van der Waals surface area contributed by atoms with Gasteiger partial charge in [-0.05, 0) is 44.4 Å². The molecule has 3 N–H and O–H groups in total. The van der Waals surface area contributed by atoms with Gasteiger partial charge in [-0.15, -0.1) is 0 Å². The molecule has 0 heterocycles. The molecule has 1 aliphatic rings. The van der Waals surface area contributed by atoms with Crippen LogP contribution in [0.15, 0.2) is 18.2 Å². The van der Waals surface area contributed by atoms with Gasteiger partial charge >= 0.3 is 0 Å². The van der Waals surface area contributed by atoms with Crippen molar-refractivity contribution in [3.8, 4) is 11.5 Å². The normalized spacial score (nSPS) is 14.7. The average Bonchev–Trinajstić information content (AvgIpc) is 2.40. The summed E-state index contributed by atoms with van der Waals surface area (Å²) in [6.45, 7) is 1.20. The predicted octanol–water partition coefficient (Wildman–Crippen LogP) is 1.74. The zero-order valence-electron chi connectivity index (χ0n) is 11.8. The third kappa shape index (κ3) is 3.04. The first kappa shape index (κ1) is 14.7. The largest absolute Gasteiger partial charge is 0.507 e. The number of carbonyl (C=O) groups excluding carboxylic acids is 1. The molecule has 0 aromatic heterocycles. The summed E-state index contributed by atoms with van der Waals surface area (Å²) in [7, 11) is 1.53. The molecule has 1 aromatic carbocycles. The molecular weight excluding hydrogens is 256 g/mol. The molecule has 1 fully saturated rings. The Balaban J connectivity index is 2.17. The number of amides is 1. The van der Waals surface area contributed by atoms with Crippen LogP contribution in [0.4, 0.5) is 0 Å². The molecule has 110 valence electrons. The first-order valence-electron chi connectivity index (χ1n) is 7.05. The average molecular weight is 278 g/mol. The second-order valence-electron chi connectivity index (χ2n) is 5.11. The number of benzene rings is 1. The summed E-state index contributed by atoms with van der Waals surface area (Å²) in [4.78, 5) is 14.4. The summed E-state index contributed by atoms with van der Waals surface area (Å²) in [6, 6.07) is 5.06. The minimum absolute atomic E-state index is 0.0357. The predicted molar refractivity (Wildman–Crippen MR) is 77.0 cm³/mol. The van der Waals surface area contributed by atoms with E-state index in [4.69, 9.17) is 10.5 Å². The first-order chi connectivity index (χ1) is 9.67. The van der Waals surface area contributed by atoms with E-state index in [1.807, 2.05) is 4.90 Å². The monoisotopic (exact) mass is 278 g/mol. The van der Waals surface area contributed by atoms with Crippen molar-refractivity contribution in [2.45, 2.75) is 31.7 Å². The van der Waals surface area contributed by atoms with E-state index in [0.29, 0.717) is 24.4 Å². The molecule has 5 heteroatoms. The molecular formula is C15H22N2O3. The summed E-state index contributed by atoms with van der Waals surface area (Å²) in [6.07, 6.45) is 4.01. The van der Waals surface area contributed by atoms with Gasteiger partial charge in [0.25, 0.3) is 5.91 Å². The first-order valence-corrected chi connectivity index (χ1v) is 7.05. The fourth-order valence-electron chi connectivity index (χ4n) is 2.38. The maximum absolute atomic E-state index is 12.6. The number of hydrogen-bond acceptors (Lipinski definition) is 4. The van der Waals surface area contributed by atoms with Crippen LogP contribution in [-0.4, -0.2) is 42.2 Å². The van der Waals surface area contributed by atoms with Crippen LogP contribution >= 0.6 is 0 Å². The number of hydrogen-bond donors (Lipinski definition) is 2. The quantitative estimate of drug-likeness (QED) is 0.831. The van der Waals surface area contributed by atoms with Crippen LogP contribution in [-0.2, 0) is 0 Å². The standard InChI is InChI=1S/C15H22N2O3/c1-20-12-6-7-13(14(18)10-12)15(19)17(9-3-8-16)11-4-2-5-11/h6-7,10-11,18H,2-5,8-9,16H2,1H3. The third-order valence-electron chi connectivity index (χ3n) is 3.81. The molecule has 5 nitrogen and oxygen atoms in total. The Bertz CT molecular complexity index is 472. The molecule has 0 radical (unpaired) electrons. The van der Waals surface area contributed by atoms with E-state index < -0.39 is 0 Å². The number of methoxy groups -OCH3 is 1. The zero-order valence-corrected chi connectivity index (χ0v) is 11.8. The van der Waals surface area contributed by atoms with Crippen molar-refractivity contribution >= 4 is 5.91 Å². The van der Waals surface area contributed by atoms with Gasteiger partial charge in [-0.1, -0.05) is 0 Å². The van der Waals surface area contributed by atoms with Gasteiger partial charge < -0.3 is 20.5 Å². The highest BCUT2D eigenvalue weighted by molar-refractivity contribution is 5.97. The number of aromatic hydroxyl groups is 1. The van der Waals surface area contributed by atoms with Gasteiger partial charge in [0.2, 0.25) is 0 Å². The van der Waals surface area contributed by atoms with E-state index in [0.717, 1.165) is 25.7 Å². The van der Waals surface area contributed by atoms with Crippen molar-refractivity contribution in [1.29, 1.82) is 0 Å². The Morgan fingerprint density at radius 2 is 2.25 bits per heavy atom. The number of phenols is 1. The van der Waals surface area contributed by atoms with E-state index >= 15 is 0 Å². The number of phenolic OH excluding ortho intramolecular Hbond substituents is 1. The van der Waals surface area contributed by atoms with Crippen LogP contribution in [0.3, 0.4) is 0 Å². The molecule has 0 bridgehead atoms. The summed E-state index contributed by atoms with van der Waals surface area (Å²) >= 11 is 0. The van der Waals surface area contributed by atoms with Gasteiger partial charge in [0.1, 0.15) is 11.5 Å². The summed E-state index contributed by atoms with van der Waals surface area (Å²) in [5.74, 6) is 0.380. The molecule has 0 aliphatic heterocycles. The smallest absolute Gasteiger partial charge is 0.257 e. The molecule has 2 rings (SSSR count). The van der Waals surface area contributed by atoms with Gasteiger partial charge in [-0.2, -0.15) is 0 Å². The summed E-state index contributed by atoms with van der Waals surface area (Å²) < 4.78 is 5.03. The van der Waals surface area contributed by atoms with Gasteiger partial charge in [0, 0.05) is 18.7 Å². The Kier molecular flexibility index (Phi) is 4.84. The lowest BCUT2D eigenvalue weighted by atomic mass is 9.90. The molecule has 20 heavy (non-hydrogen) atoms. The molecule has 0 saturated heterocycles. The van der Waals surface area contributed by atoms with E-state index in [2.05, 4.69) is 0 Å². The van der Waals surface area contributed by atoms with Gasteiger partial charge in [-0.3, -0.25) is 4.79 Å². The number of rotatable bonds is 6. The number of nitrogens with two attached hydrogens (primary N) is 1. The highest BCUT2D eigenvalue weighted by Gasteiger charge is 2.30. The van der Waals surface area contributed by atoms with Crippen molar-refractivity contribution in [3.63, 3.8) is 0 Å². The highest BCUT2D eigenvalue weighted by atomic mass is 16.5. The zero-order chi connectivity index (χ0) is 14.5. The third-order valence-corrected chi connectivity index (χ3v) is 3.81. The van der Waals surface area contributed by atoms with Crippen molar-refractivity contribution in [2.75, 3.05) is 20.2 Å². The van der Waals surface area contributed by atoms with E-state index in [1.54, 1.807) is 12.1 Å². The molecule has 1 aliphatic carbocycles. The minimum atomic E-state index is -0.122. The van der Waals surface area contributed by atoms with Gasteiger partial charge in [0.15, 0.2) is 0 Å². The second-order valence-corrected chi connectivity index (χ2v) is 5.11. The lowest BCUT2D eigenvalue weighted by Gasteiger charge is -2.37. The highest BCUT2D eigenvalue weighted by Crippen LogP contribution is 2.30. The molecule has 0 atom stereocenters. The fourth-order valence-corrected chi connectivity index (χ4v) is 2.38. The molecule has 0 spiro atoms. The van der Waals surface area contributed by atoms with Crippen molar-refractivity contribution in [1.82, 2.24) is 4.90 Å². The topological polar surface area (TPSA) is 75.8 Å². The van der Waals surface area contributed by atoms with E-state index in [1.165, 1.54) is 13.2 Å². The summed E-state index contributed by atoms with van der Waals surface area (Å²) in [5, 5.41) is 9.99. The van der Waals surface area contributed by atoms with Crippen molar-refractivity contribution in [2.24, 2.45) is 5.73 Å². The minimum Gasteiger partial charge on any atom is -0.507 e. The van der Waals surface area contributed by atoms with Crippen LogP contribution in [0.25, 0.3) is 0 Å². The molecule has 0 unspecified atom stereocenters. The molecule has 1 amide bonds. The molecule has 1 aromatic rings. The maximum Gasteiger partial charge on any atom is 0.257 e. The van der Waals surface area contributed by atoms with Crippen LogP contribution in [0.2, 0.25) is 0 Å².